The van der Waals surface area contributed by atoms with Gasteiger partial charge in [-0.05, 0) is 19.1 Å². The summed E-state index contributed by atoms with van der Waals surface area (Å²) < 4.78 is 0. The lowest BCUT2D eigenvalue weighted by molar-refractivity contribution is -0.138. The summed E-state index contributed by atoms with van der Waals surface area (Å²) in [5.41, 5.74) is 3.80. The molecule has 0 radical (unpaired) electrons. The maximum atomic E-state index is 11.8. The number of hydrogen-bond donors (Lipinski definition) is 3. The molecule has 1 fully saturated rings. The van der Waals surface area contributed by atoms with Crippen LogP contribution in [-0.2, 0) is 9.59 Å². The molecular formula is C13H13N3O4S. The highest BCUT2D eigenvalue weighted by Gasteiger charge is 2.32. The predicted octanol–water partition coefficient (Wildman–Crippen LogP) is 0.702. The van der Waals surface area contributed by atoms with Crippen molar-refractivity contribution in [2.75, 3.05) is 0 Å². The summed E-state index contributed by atoms with van der Waals surface area (Å²) in [5.74, 6) is -1.89. The SMILES string of the molecule is Cc1ccc(C(=O)N/N=C2\NC(=O)C(CC(=O)O)S2)cc1. The molecule has 7 nitrogen and oxygen atoms in total. The zero-order valence-electron chi connectivity index (χ0n) is 11.1. The highest BCUT2D eigenvalue weighted by molar-refractivity contribution is 8.15. The molecule has 1 aliphatic rings. The Morgan fingerprint density at radius 2 is 2.05 bits per heavy atom. The van der Waals surface area contributed by atoms with Crippen LogP contribution in [0.4, 0.5) is 0 Å². The van der Waals surface area contributed by atoms with E-state index < -0.39 is 23.0 Å². The number of aliphatic carboxylic acids is 1. The Morgan fingerprint density at radius 3 is 2.67 bits per heavy atom. The van der Waals surface area contributed by atoms with Gasteiger partial charge in [0.1, 0.15) is 5.25 Å². The van der Waals surface area contributed by atoms with Crippen molar-refractivity contribution >= 4 is 34.7 Å². The van der Waals surface area contributed by atoms with Gasteiger partial charge in [-0.3, -0.25) is 14.4 Å². The molecule has 1 heterocycles. The molecule has 0 saturated carbocycles. The maximum Gasteiger partial charge on any atom is 0.305 e. The number of amides is 2. The van der Waals surface area contributed by atoms with E-state index in [4.69, 9.17) is 5.11 Å². The third kappa shape index (κ3) is 4.06. The first-order valence-corrected chi connectivity index (χ1v) is 6.97. The summed E-state index contributed by atoms with van der Waals surface area (Å²) in [6.45, 7) is 1.91. The van der Waals surface area contributed by atoms with E-state index in [0.717, 1.165) is 17.3 Å². The summed E-state index contributed by atoms with van der Waals surface area (Å²) in [6.07, 6.45) is -0.290. The lowest BCUT2D eigenvalue weighted by atomic mass is 10.1. The fourth-order valence-electron chi connectivity index (χ4n) is 1.62. The number of aryl methyl sites for hydroxylation is 1. The molecular weight excluding hydrogens is 294 g/mol. The van der Waals surface area contributed by atoms with Gasteiger partial charge in [0.2, 0.25) is 5.91 Å². The highest BCUT2D eigenvalue weighted by atomic mass is 32.2. The number of carboxylic acid groups (broad SMARTS) is 1. The fraction of sp³-hybridized carbons (Fsp3) is 0.231. The molecule has 2 amide bonds. The average Bonchev–Trinajstić information content (AvgIpc) is 2.77. The van der Waals surface area contributed by atoms with Gasteiger partial charge < -0.3 is 10.4 Å². The minimum atomic E-state index is -1.06. The lowest BCUT2D eigenvalue weighted by Gasteiger charge is -2.01. The quantitative estimate of drug-likeness (QED) is 0.710. The van der Waals surface area contributed by atoms with Gasteiger partial charge in [-0.1, -0.05) is 29.5 Å². The minimum absolute atomic E-state index is 0.187. The molecule has 0 bridgehead atoms. The van der Waals surface area contributed by atoms with Crippen molar-refractivity contribution in [2.45, 2.75) is 18.6 Å². The number of hydrogen-bond acceptors (Lipinski definition) is 5. The molecule has 1 aromatic rings. The first kappa shape index (κ1) is 15.0. The van der Waals surface area contributed by atoms with Crippen molar-refractivity contribution in [3.05, 3.63) is 35.4 Å². The Hall–Kier alpha value is -2.35. The number of nitrogens with one attached hydrogen (secondary N) is 2. The molecule has 110 valence electrons. The van der Waals surface area contributed by atoms with E-state index in [-0.39, 0.29) is 11.6 Å². The van der Waals surface area contributed by atoms with Gasteiger partial charge in [-0.2, -0.15) is 0 Å². The van der Waals surface area contributed by atoms with Crippen LogP contribution in [0, 0.1) is 6.92 Å². The predicted molar refractivity (Wildman–Crippen MR) is 77.9 cm³/mol. The standard InChI is InChI=1S/C13H13N3O4S/c1-7-2-4-8(5-3-7)11(19)15-16-13-14-12(20)9(21-13)6-10(17)18/h2-5,9H,6H2,1H3,(H,15,19)(H,17,18)(H,14,16,20). The molecule has 1 unspecified atom stereocenters. The molecule has 1 aliphatic heterocycles. The van der Waals surface area contributed by atoms with E-state index in [1.165, 1.54) is 0 Å². The third-order valence-electron chi connectivity index (χ3n) is 2.71. The second-order valence-corrected chi connectivity index (χ2v) is 5.61. The van der Waals surface area contributed by atoms with E-state index in [0.29, 0.717) is 5.56 Å². The van der Waals surface area contributed by atoms with Crippen molar-refractivity contribution < 1.29 is 19.5 Å². The van der Waals surface area contributed by atoms with Crippen LogP contribution in [0.5, 0.6) is 0 Å². The molecule has 8 heteroatoms. The number of hydrazone groups is 1. The van der Waals surface area contributed by atoms with Gasteiger partial charge in [-0.25, -0.2) is 5.43 Å². The summed E-state index contributed by atoms with van der Waals surface area (Å²) in [6, 6.07) is 6.94. The molecule has 0 aromatic heterocycles. The number of benzene rings is 1. The van der Waals surface area contributed by atoms with Crippen LogP contribution in [0.3, 0.4) is 0 Å². The van der Waals surface area contributed by atoms with Gasteiger partial charge >= 0.3 is 5.97 Å². The Labute approximate surface area is 124 Å². The first-order valence-electron chi connectivity index (χ1n) is 6.09. The number of nitrogens with zero attached hydrogens (tertiary/aromatic N) is 1. The van der Waals surface area contributed by atoms with Crippen LogP contribution in [0.15, 0.2) is 29.4 Å². The minimum Gasteiger partial charge on any atom is -0.481 e. The van der Waals surface area contributed by atoms with Crippen molar-refractivity contribution in [3.63, 3.8) is 0 Å². The molecule has 1 aromatic carbocycles. The molecule has 1 atom stereocenters. The summed E-state index contributed by atoms with van der Waals surface area (Å²) in [4.78, 5) is 33.9. The Bertz CT molecular complexity index is 612. The number of amidine groups is 1. The number of carbonyl (C=O) groups is 3. The average molecular weight is 307 g/mol. The van der Waals surface area contributed by atoms with Gasteiger partial charge in [0, 0.05) is 5.56 Å². The molecule has 3 N–H and O–H groups in total. The largest absolute Gasteiger partial charge is 0.481 e. The second-order valence-electron chi connectivity index (χ2n) is 4.42. The van der Waals surface area contributed by atoms with E-state index in [2.05, 4.69) is 15.8 Å². The molecule has 1 saturated heterocycles. The van der Waals surface area contributed by atoms with Crippen LogP contribution >= 0.6 is 11.8 Å². The number of carbonyl (C=O) groups excluding carboxylic acids is 2. The Kier molecular flexibility index (Phi) is 4.59. The van der Waals surface area contributed by atoms with E-state index in [1.54, 1.807) is 24.3 Å². The molecule has 0 aliphatic carbocycles. The topological polar surface area (TPSA) is 108 Å². The normalized spacial score (nSPS) is 19.4. The van der Waals surface area contributed by atoms with E-state index in [1.807, 2.05) is 6.92 Å². The zero-order valence-corrected chi connectivity index (χ0v) is 11.9. The monoisotopic (exact) mass is 307 g/mol. The van der Waals surface area contributed by atoms with Crippen LogP contribution in [0.2, 0.25) is 0 Å². The van der Waals surface area contributed by atoms with E-state index in [9.17, 15) is 14.4 Å². The second kappa shape index (κ2) is 6.40. The van der Waals surface area contributed by atoms with Crippen LogP contribution in [-0.4, -0.2) is 33.3 Å². The number of rotatable bonds is 4. The van der Waals surface area contributed by atoms with Gasteiger partial charge in [0.25, 0.3) is 5.91 Å². The lowest BCUT2D eigenvalue weighted by Crippen LogP contribution is -2.28. The fourth-order valence-corrected chi connectivity index (χ4v) is 2.54. The van der Waals surface area contributed by atoms with Crippen molar-refractivity contribution in [2.24, 2.45) is 5.10 Å². The van der Waals surface area contributed by atoms with Gasteiger partial charge in [0.05, 0.1) is 6.42 Å². The Morgan fingerprint density at radius 1 is 1.38 bits per heavy atom. The van der Waals surface area contributed by atoms with Crippen LogP contribution < -0.4 is 10.7 Å². The molecule has 21 heavy (non-hydrogen) atoms. The summed E-state index contributed by atoms with van der Waals surface area (Å²) >= 11 is 0.981. The van der Waals surface area contributed by atoms with Crippen molar-refractivity contribution in [3.8, 4) is 0 Å². The van der Waals surface area contributed by atoms with Crippen molar-refractivity contribution in [1.29, 1.82) is 0 Å². The maximum absolute atomic E-state index is 11.8. The summed E-state index contributed by atoms with van der Waals surface area (Å²) in [7, 11) is 0. The number of thioether (sulfide) groups is 1. The molecule has 2 rings (SSSR count). The summed E-state index contributed by atoms with van der Waals surface area (Å²) in [5, 5.41) is 14.3. The zero-order chi connectivity index (χ0) is 15.4. The third-order valence-corrected chi connectivity index (χ3v) is 3.79. The van der Waals surface area contributed by atoms with Crippen LogP contribution in [0.25, 0.3) is 0 Å². The molecule has 0 spiro atoms. The Balaban J connectivity index is 1.95. The highest BCUT2D eigenvalue weighted by Crippen LogP contribution is 2.21. The van der Waals surface area contributed by atoms with Crippen LogP contribution in [0.1, 0.15) is 22.3 Å². The number of carboxylic acids is 1. The first-order chi connectivity index (χ1) is 9.95. The van der Waals surface area contributed by atoms with Gasteiger partial charge in [0.15, 0.2) is 5.17 Å². The van der Waals surface area contributed by atoms with E-state index >= 15 is 0 Å². The smallest absolute Gasteiger partial charge is 0.305 e. The van der Waals surface area contributed by atoms with Crippen molar-refractivity contribution in [1.82, 2.24) is 10.7 Å². The van der Waals surface area contributed by atoms with Gasteiger partial charge in [-0.15, -0.1) is 5.10 Å².